The molecule has 1 N–H and O–H groups in total. The topological polar surface area (TPSA) is 60.9 Å². The molecule has 0 amide bonds. The number of aryl methyl sites for hydroxylation is 1. The summed E-state index contributed by atoms with van der Waals surface area (Å²) in [6.45, 7) is 5.89. The predicted molar refractivity (Wildman–Crippen MR) is 124 cm³/mol. The lowest BCUT2D eigenvalue weighted by atomic mass is 9.74. The maximum Gasteiger partial charge on any atom is 0.243 e. The van der Waals surface area contributed by atoms with E-state index in [0.29, 0.717) is 18.0 Å². The number of hydrogen-bond donors (Lipinski definition) is 1. The zero-order valence-corrected chi connectivity index (χ0v) is 19.1. The third-order valence-corrected chi connectivity index (χ3v) is 8.50. The number of benzene rings is 2. The van der Waals surface area contributed by atoms with E-state index in [1.807, 2.05) is 26.0 Å². The van der Waals surface area contributed by atoms with Crippen LogP contribution in [0.1, 0.15) is 42.4 Å². The molecular weight excluding hydrogens is 408 g/mol. The molecule has 3 atom stereocenters. The highest BCUT2D eigenvalue weighted by Gasteiger charge is 2.50. The second-order valence-electron chi connectivity index (χ2n) is 8.63. The molecule has 0 unspecified atom stereocenters. The Morgan fingerprint density at radius 3 is 2.52 bits per heavy atom. The Balaban J connectivity index is 1.63. The number of aliphatic hydroxyl groups excluding tert-OH is 1. The van der Waals surface area contributed by atoms with E-state index < -0.39 is 10.0 Å². The van der Waals surface area contributed by atoms with Crippen LogP contribution in [0.5, 0.6) is 0 Å². The van der Waals surface area contributed by atoms with Gasteiger partial charge in [0.1, 0.15) is 0 Å². The Bertz CT molecular complexity index is 1030. The zero-order valence-electron chi connectivity index (χ0n) is 18.3. The van der Waals surface area contributed by atoms with E-state index in [1.54, 1.807) is 22.5 Å². The number of allylic oxidation sites excluding steroid dienone is 1. The lowest BCUT2D eigenvalue weighted by Crippen LogP contribution is -2.67. The van der Waals surface area contributed by atoms with Gasteiger partial charge in [-0.2, -0.15) is 4.31 Å². The van der Waals surface area contributed by atoms with Crippen LogP contribution in [0, 0.1) is 6.92 Å². The van der Waals surface area contributed by atoms with Crippen molar-refractivity contribution < 1.29 is 13.5 Å². The van der Waals surface area contributed by atoms with Crippen molar-refractivity contribution in [2.75, 3.05) is 26.2 Å². The number of aliphatic hydroxyl groups is 1. The highest BCUT2D eigenvalue weighted by atomic mass is 32.2. The molecule has 0 saturated carbocycles. The first-order valence-electron chi connectivity index (χ1n) is 11.1. The van der Waals surface area contributed by atoms with Crippen LogP contribution in [0.4, 0.5) is 0 Å². The van der Waals surface area contributed by atoms with Crippen LogP contribution >= 0.6 is 0 Å². The van der Waals surface area contributed by atoms with Gasteiger partial charge in [0.05, 0.1) is 11.5 Å². The molecule has 2 aliphatic heterocycles. The van der Waals surface area contributed by atoms with E-state index in [-0.39, 0.29) is 24.6 Å². The average molecular weight is 441 g/mol. The fraction of sp³-hybridized carbons (Fsp3) is 0.440. The Morgan fingerprint density at radius 1 is 1.10 bits per heavy atom. The molecule has 0 aromatic heterocycles. The molecule has 5 nitrogen and oxygen atoms in total. The van der Waals surface area contributed by atoms with Crippen LogP contribution in [-0.4, -0.2) is 61.1 Å². The van der Waals surface area contributed by atoms with Gasteiger partial charge in [-0.05, 0) is 62.1 Å². The summed E-state index contributed by atoms with van der Waals surface area (Å²) in [6, 6.07) is 15.7. The quantitative estimate of drug-likeness (QED) is 0.771. The third-order valence-electron chi connectivity index (χ3n) is 6.64. The van der Waals surface area contributed by atoms with Crippen molar-refractivity contribution in [1.29, 1.82) is 0 Å². The molecule has 0 radical (unpaired) electrons. The van der Waals surface area contributed by atoms with Gasteiger partial charge in [-0.15, -0.1) is 0 Å². The molecule has 0 aliphatic carbocycles. The van der Waals surface area contributed by atoms with Crippen LogP contribution in [0.2, 0.25) is 0 Å². The molecule has 0 spiro atoms. The number of sulfonamides is 1. The SMILES string of the molecule is C/C=C/c1ccc([C@H]2[C@@H](CO)N3CCCCN(S(=O)(=O)c4cccc(C)c4)C[C@H]23)cc1. The van der Waals surface area contributed by atoms with Gasteiger partial charge in [0.25, 0.3) is 0 Å². The van der Waals surface area contributed by atoms with E-state index in [0.717, 1.165) is 30.5 Å². The van der Waals surface area contributed by atoms with Gasteiger partial charge in [0.2, 0.25) is 10.0 Å². The second-order valence-corrected chi connectivity index (χ2v) is 10.6. The van der Waals surface area contributed by atoms with Crippen molar-refractivity contribution in [3.05, 3.63) is 71.3 Å². The summed E-state index contributed by atoms with van der Waals surface area (Å²) >= 11 is 0. The van der Waals surface area contributed by atoms with Gasteiger partial charge in [0.15, 0.2) is 0 Å². The molecule has 2 saturated heterocycles. The van der Waals surface area contributed by atoms with Crippen molar-refractivity contribution in [1.82, 2.24) is 9.21 Å². The van der Waals surface area contributed by atoms with Crippen LogP contribution < -0.4 is 0 Å². The monoisotopic (exact) mass is 440 g/mol. The Kier molecular flexibility index (Phi) is 6.63. The molecule has 2 aromatic rings. The maximum atomic E-state index is 13.4. The maximum absolute atomic E-state index is 13.4. The molecule has 166 valence electrons. The Morgan fingerprint density at radius 2 is 1.84 bits per heavy atom. The second kappa shape index (κ2) is 9.25. The first-order valence-corrected chi connectivity index (χ1v) is 12.6. The fourth-order valence-corrected chi connectivity index (χ4v) is 6.68. The zero-order chi connectivity index (χ0) is 22.0. The van der Waals surface area contributed by atoms with Crippen molar-refractivity contribution in [3.8, 4) is 0 Å². The fourth-order valence-electron chi connectivity index (χ4n) is 5.07. The molecule has 0 bridgehead atoms. The highest BCUT2D eigenvalue weighted by Crippen LogP contribution is 2.42. The molecule has 2 fully saturated rings. The van der Waals surface area contributed by atoms with E-state index >= 15 is 0 Å². The molecule has 2 aliphatic rings. The standard InChI is InChI=1S/C25H32N2O3S/c1-3-7-20-10-12-21(13-11-20)25-23-17-26(14-4-5-15-27(23)24(25)18-28)31(29,30)22-9-6-8-19(2)16-22/h3,6-13,16,23-25,28H,4-5,14-15,17-18H2,1-2H3/b7-3+/t23-,24-,25-/m1/s1. The summed E-state index contributed by atoms with van der Waals surface area (Å²) in [5.41, 5.74) is 3.25. The molecule has 31 heavy (non-hydrogen) atoms. The van der Waals surface area contributed by atoms with Crippen molar-refractivity contribution >= 4 is 16.1 Å². The smallest absolute Gasteiger partial charge is 0.243 e. The van der Waals surface area contributed by atoms with Gasteiger partial charge < -0.3 is 5.11 Å². The molecule has 6 heteroatoms. The summed E-state index contributed by atoms with van der Waals surface area (Å²) < 4.78 is 28.5. The predicted octanol–water partition coefficient (Wildman–Crippen LogP) is 3.64. The van der Waals surface area contributed by atoms with E-state index in [2.05, 4.69) is 35.2 Å². The Hall–Kier alpha value is -1.99. The summed E-state index contributed by atoms with van der Waals surface area (Å²) in [4.78, 5) is 2.67. The van der Waals surface area contributed by atoms with Crippen molar-refractivity contribution in [2.24, 2.45) is 0 Å². The largest absolute Gasteiger partial charge is 0.395 e. The minimum absolute atomic E-state index is 0.0409. The minimum atomic E-state index is -3.56. The summed E-state index contributed by atoms with van der Waals surface area (Å²) in [5, 5.41) is 10.1. The summed E-state index contributed by atoms with van der Waals surface area (Å²) in [7, 11) is -3.56. The van der Waals surface area contributed by atoms with E-state index in [9.17, 15) is 13.5 Å². The lowest BCUT2D eigenvalue weighted by molar-refractivity contribution is -0.0553. The van der Waals surface area contributed by atoms with Gasteiger partial charge in [-0.25, -0.2) is 8.42 Å². The average Bonchev–Trinajstić information content (AvgIpc) is 2.74. The molecule has 4 rings (SSSR count). The Labute approximate surface area is 186 Å². The molecule has 2 heterocycles. The van der Waals surface area contributed by atoms with Crippen LogP contribution in [-0.2, 0) is 10.0 Å². The van der Waals surface area contributed by atoms with E-state index in [4.69, 9.17) is 0 Å². The summed E-state index contributed by atoms with van der Waals surface area (Å²) in [5.74, 6) is 0.123. The number of hydrogen-bond acceptors (Lipinski definition) is 4. The van der Waals surface area contributed by atoms with Crippen LogP contribution in [0.15, 0.2) is 59.5 Å². The van der Waals surface area contributed by atoms with E-state index in [1.165, 1.54) is 5.56 Å². The highest BCUT2D eigenvalue weighted by molar-refractivity contribution is 7.89. The van der Waals surface area contributed by atoms with Gasteiger partial charge >= 0.3 is 0 Å². The number of fused-ring (bicyclic) bond motifs is 1. The lowest BCUT2D eigenvalue weighted by Gasteiger charge is -2.57. The normalized spacial score (nSPS) is 25.6. The van der Waals surface area contributed by atoms with Crippen molar-refractivity contribution in [3.63, 3.8) is 0 Å². The summed E-state index contributed by atoms with van der Waals surface area (Å²) in [6.07, 6.45) is 5.83. The van der Waals surface area contributed by atoms with Gasteiger partial charge in [-0.3, -0.25) is 4.90 Å². The first-order chi connectivity index (χ1) is 15.0. The third kappa shape index (κ3) is 4.35. The number of rotatable bonds is 5. The first kappa shape index (κ1) is 22.2. The number of nitrogens with zero attached hydrogens (tertiary/aromatic N) is 2. The molecule has 2 aromatic carbocycles. The van der Waals surface area contributed by atoms with Gasteiger partial charge in [-0.1, -0.05) is 48.6 Å². The molecular formula is C25H32N2O3S. The minimum Gasteiger partial charge on any atom is -0.395 e. The van der Waals surface area contributed by atoms with Crippen LogP contribution in [0.25, 0.3) is 6.08 Å². The van der Waals surface area contributed by atoms with Crippen LogP contribution in [0.3, 0.4) is 0 Å². The van der Waals surface area contributed by atoms with Gasteiger partial charge in [0, 0.05) is 31.1 Å². The van der Waals surface area contributed by atoms with Crippen molar-refractivity contribution in [2.45, 2.75) is 49.6 Å².